The van der Waals surface area contributed by atoms with E-state index in [2.05, 4.69) is 0 Å². The molecule has 4 heteroatoms. The SMILES string of the molecule is C[C@H](O)c1cccc(F)c1N(C)CC1CC(O)C1. The number of hydrogen-bond acceptors (Lipinski definition) is 3. The normalized spacial score (nSPS) is 24.5. The van der Waals surface area contributed by atoms with Gasteiger partial charge in [-0.2, -0.15) is 0 Å². The lowest BCUT2D eigenvalue weighted by molar-refractivity contribution is 0.0464. The topological polar surface area (TPSA) is 43.7 Å². The van der Waals surface area contributed by atoms with Gasteiger partial charge in [0.25, 0.3) is 0 Å². The van der Waals surface area contributed by atoms with Crippen LogP contribution >= 0.6 is 0 Å². The predicted octanol–water partition coefficient (Wildman–Crippen LogP) is 2.09. The summed E-state index contributed by atoms with van der Waals surface area (Å²) < 4.78 is 13.9. The van der Waals surface area contributed by atoms with Crippen LogP contribution in [0.5, 0.6) is 0 Å². The summed E-state index contributed by atoms with van der Waals surface area (Å²) in [6, 6.07) is 4.77. The number of rotatable bonds is 4. The number of aliphatic hydroxyl groups is 2. The third-order valence-electron chi connectivity index (χ3n) is 3.59. The molecule has 1 fully saturated rings. The summed E-state index contributed by atoms with van der Waals surface area (Å²) in [4.78, 5) is 1.84. The number of para-hydroxylation sites is 1. The van der Waals surface area contributed by atoms with E-state index in [-0.39, 0.29) is 11.9 Å². The number of hydrogen-bond donors (Lipinski definition) is 2. The van der Waals surface area contributed by atoms with E-state index in [1.165, 1.54) is 6.07 Å². The maximum absolute atomic E-state index is 13.9. The van der Waals surface area contributed by atoms with Gasteiger partial charge < -0.3 is 15.1 Å². The summed E-state index contributed by atoms with van der Waals surface area (Å²) >= 11 is 0. The summed E-state index contributed by atoms with van der Waals surface area (Å²) in [5.41, 5.74) is 1.08. The van der Waals surface area contributed by atoms with E-state index in [1.807, 2.05) is 11.9 Å². The van der Waals surface area contributed by atoms with Gasteiger partial charge in [0, 0.05) is 19.2 Å². The zero-order valence-electron chi connectivity index (χ0n) is 10.8. The van der Waals surface area contributed by atoms with Crippen LogP contribution in [0.2, 0.25) is 0 Å². The van der Waals surface area contributed by atoms with Gasteiger partial charge in [-0.15, -0.1) is 0 Å². The van der Waals surface area contributed by atoms with E-state index in [4.69, 9.17) is 0 Å². The van der Waals surface area contributed by atoms with Gasteiger partial charge in [0.05, 0.1) is 17.9 Å². The minimum absolute atomic E-state index is 0.194. The standard InChI is InChI=1S/C14H20FNO2/c1-9(17)12-4-3-5-13(15)14(12)16(2)8-10-6-11(18)7-10/h3-5,9-11,17-18H,6-8H2,1-2H3/t9-,10?,11?/m0/s1. The molecule has 0 bridgehead atoms. The van der Waals surface area contributed by atoms with Crippen molar-refractivity contribution in [3.63, 3.8) is 0 Å². The van der Waals surface area contributed by atoms with Crippen LogP contribution in [-0.4, -0.2) is 29.9 Å². The van der Waals surface area contributed by atoms with Crippen molar-refractivity contribution in [3.05, 3.63) is 29.6 Å². The van der Waals surface area contributed by atoms with Gasteiger partial charge in [0.2, 0.25) is 0 Å². The van der Waals surface area contributed by atoms with Crippen molar-refractivity contribution in [1.82, 2.24) is 0 Å². The van der Waals surface area contributed by atoms with Crippen molar-refractivity contribution in [2.75, 3.05) is 18.5 Å². The van der Waals surface area contributed by atoms with Crippen molar-refractivity contribution in [2.45, 2.75) is 32.0 Å². The van der Waals surface area contributed by atoms with Crippen LogP contribution in [0.1, 0.15) is 31.4 Å². The fourth-order valence-electron chi connectivity index (χ4n) is 2.60. The maximum Gasteiger partial charge on any atom is 0.146 e. The minimum atomic E-state index is -0.690. The Balaban J connectivity index is 2.15. The van der Waals surface area contributed by atoms with E-state index in [1.54, 1.807) is 19.1 Å². The Hall–Kier alpha value is -1.13. The van der Waals surface area contributed by atoms with Crippen molar-refractivity contribution >= 4 is 5.69 Å². The number of nitrogens with zero attached hydrogens (tertiary/aromatic N) is 1. The highest BCUT2D eigenvalue weighted by Gasteiger charge is 2.29. The van der Waals surface area contributed by atoms with Crippen molar-refractivity contribution in [3.8, 4) is 0 Å². The molecule has 1 atom stereocenters. The van der Waals surface area contributed by atoms with Gasteiger partial charge >= 0.3 is 0 Å². The molecular weight excluding hydrogens is 233 g/mol. The number of benzene rings is 1. The molecule has 0 aliphatic heterocycles. The van der Waals surface area contributed by atoms with Crippen LogP contribution in [0.15, 0.2) is 18.2 Å². The quantitative estimate of drug-likeness (QED) is 0.863. The molecule has 0 heterocycles. The molecule has 100 valence electrons. The Labute approximate surface area is 107 Å². The highest BCUT2D eigenvalue weighted by molar-refractivity contribution is 5.55. The van der Waals surface area contributed by atoms with Gasteiger partial charge in [-0.3, -0.25) is 0 Å². The van der Waals surface area contributed by atoms with E-state index in [0.717, 1.165) is 12.8 Å². The number of halogens is 1. The molecule has 3 nitrogen and oxygen atoms in total. The molecule has 0 spiro atoms. The summed E-state index contributed by atoms with van der Waals surface area (Å²) in [5.74, 6) is 0.0993. The highest BCUT2D eigenvalue weighted by Crippen LogP contribution is 2.33. The lowest BCUT2D eigenvalue weighted by atomic mass is 9.82. The van der Waals surface area contributed by atoms with E-state index < -0.39 is 6.10 Å². The monoisotopic (exact) mass is 253 g/mol. The average Bonchev–Trinajstić information content (AvgIpc) is 2.26. The summed E-state index contributed by atoms with van der Waals surface area (Å²) in [6.45, 7) is 2.34. The molecular formula is C14H20FNO2. The number of aliphatic hydroxyl groups excluding tert-OH is 2. The minimum Gasteiger partial charge on any atom is -0.393 e. The first-order valence-corrected chi connectivity index (χ1v) is 6.34. The largest absolute Gasteiger partial charge is 0.393 e. The average molecular weight is 253 g/mol. The Morgan fingerprint density at radius 1 is 1.44 bits per heavy atom. The lowest BCUT2D eigenvalue weighted by Gasteiger charge is -2.36. The van der Waals surface area contributed by atoms with Gasteiger partial charge in [-0.1, -0.05) is 12.1 Å². The molecule has 1 aliphatic rings. The first-order valence-electron chi connectivity index (χ1n) is 6.34. The Morgan fingerprint density at radius 2 is 2.11 bits per heavy atom. The second-order valence-electron chi connectivity index (χ2n) is 5.23. The van der Waals surface area contributed by atoms with Crippen molar-refractivity contribution in [1.29, 1.82) is 0 Å². The molecule has 1 aromatic carbocycles. The maximum atomic E-state index is 13.9. The second kappa shape index (κ2) is 5.24. The van der Waals surface area contributed by atoms with Gasteiger partial charge in [-0.25, -0.2) is 4.39 Å². The summed E-state index contributed by atoms with van der Waals surface area (Å²) in [7, 11) is 1.83. The zero-order chi connectivity index (χ0) is 13.3. The third kappa shape index (κ3) is 2.65. The van der Waals surface area contributed by atoms with Crippen LogP contribution in [0.25, 0.3) is 0 Å². The summed E-state index contributed by atoms with van der Waals surface area (Å²) in [5, 5.41) is 19.0. The molecule has 0 amide bonds. The van der Waals surface area contributed by atoms with Crippen molar-refractivity contribution in [2.24, 2.45) is 5.92 Å². The predicted molar refractivity (Wildman–Crippen MR) is 69.0 cm³/mol. The Bertz CT molecular complexity index is 416. The van der Waals surface area contributed by atoms with Crippen LogP contribution < -0.4 is 4.90 Å². The molecule has 1 saturated carbocycles. The lowest BCUT2D eigenvalue weighted by Crippen LogP contribution is -2.37. The van der Waals surface area contributed by atoms with Gasteiger partial charge in [0.1, 0.15) is 5.82 Å². The molecule has 1 aromatic rings. The molecule has 0 radical (unpaired) electrons. The fourth-order valence-corrected chi connectivity index (χ4v) is 2.60. The highest BCUT2D eigenvalue weighted by atomic mass is 19.1. The summed E-state index contributed by atoms with van der Waals surface area (Å²) in [6.07, 6.45) is 0.677. The molecule has 2 N–H and O–H groups in total. The second-order valence-corrected chi connectivity index (χ2v) is 5.23. The fraction of sp³-hybridized carbons (Fsp3) is 0.571. The molecule has 0 aromatic heterocycles. The van der Waals surface area contributed by atoms with Gasteiger partial charge in [0.15, 0.2) is 0 Å². The number of anilines is 1. The Kier molecular flexibility index (Phi) is 3.88. The van der Waals surface area contributed by atoms with Crippen LogP contribution in [0, 0.1) is 11.7 Å². The first kappa shape index (κ1) is 13.3. The molecule has 1 aliphatic carbocycles. The van der Waals surface area contributed by atoms with Gasteiger partial charge in [-0.05, 0) is 31.7 Å². The zero-order valence-corrected chi connectivity index (χ0v) is 10.8. The van der Waals surface area contributed by atoms with Crippen molar-refractivity contribution < 1.29 is 14.6 Å². The molecule has 2 rings (SSSR count). The third-order valence-corrected chi connectivity index (χ3v) is 3.59. The van der Waals surface area contributed by atoms with Crippen LogP contribution in [0.3, 0.4) is 0 Å². The molecule has 0 unspecified atom stereocenters. The van der Waals surface area contributed by atoms with E-state index in [0.29, 0.717) is 23.7 Å². The molecule has 18 heavy (non-hydrogen) atoms. The van der Waals surface area contributed by atoms with Crippen LogP contribution in [-0.2, 0) is 0 Å². The Morgan fingerprint density at radius 3 is 2.67 bits per heavy atom. The van der Waals surface area contributed by atoms with Crippen LogP contribution in [0.4, 0.5) is 10.1 Å². The first-order chi connectivity index (χ1) is 8.49. The van der Waals surface area contributed by atoms with E-state index >= 15 is 0 Å². The smallest absolute Gasteiger partial charge is 0.146 e. The molecule has 0 saturated heterocycles. The van der Waals surface area contributed by atoms with E-state index in [9.17, 15) is 14.6 Å².